The van der Waals surface area contributed by atoms with Gasteiger partial charge >= 0.3 is 5.97 Å². The molecular formula is C12H20N2O3. The average Bonchev–Trinajstić information content (AvgIpc) is 2.77. The van der Waals surface area contributed by atoms with Crippen LogP contribution in [0.25, 0.3) is 0 Å². The smallest absolute Gasteiger partial charge is 0.341 e. The van der Waals surface area contributed by atoms with Crippen LogP contribution < -0.4 is 5.73 Å². The van der Waals surface area contributed by atoms with Gasteiger partial charge < -0.3 is 14.9 Å². The van der Waals surface area contributed by atoms with Crippen molar-refractivity contribution in [2.24, 2.45) is 5.73 Å². The number of ether oxygens (including phenoxy) is 1. The zero-order chi connectivity index (χ0) is 12.7. The third-order valence-electron chi connectivity index (χ3n) is 2.50. The SMILES string of the molecule is CCOC(=O)c1ccoc1CN(CC)CCN. The summed E-state index contributed by atoms with van der Waals surface area (Å²) in [6.45, 7) is 6.99. The number of esters is 1. The lowest BCUT2D eigenvalue weighted by Crippen LogP contribution is -2.29. The standard InChI is InChI=1S/C12H20N2O3/c1-3-14(7-6-13)9-11-10(5-8-17-11)12(15)16-4-2/h5,8H,3-4,6-7,9,13H2,1-2H3. The molecule has 0 amide bonds. The quantitative estimate of drug-likeness (QED) is 0.726. The molecule has 1 rings (SSSR count). The molecule has 0 bridgehead atoms. The van der Waals surface area contributed by atoms with Crippen LogP contribution in [-0.2, 0) is 11.3 Å². The highest BCUT2D eigenvalue weighted by molar-refractivity contribution is 5.90. The number of furan rings is 1. The molecule has 1 heterocycles. The third kappa shape index (κ3) is 3.87. The number of likely N-dealkylation sites (N-methyl/N-ethyl adjacent to an activating group) is 1. The van der Waals surface area contributed by atoms with E-state index in [-0.39, 0.29) is 5.97 Å². The molecular weight excluding hydrogens is 220 g/mol. The molecule has 0 aliphatic heterocycles. The summed E-state index contributed by atoms with van der Waals surface area (Å²) in [5.74, 6) is 0.304. The lowest BCUT2D eigenvalue weighted by atomic mass is 10.2. The minimum atomic E-state index is -0.333. The maximum absolute atomic E-state index is 11.6. The molecule has 1 aromatic heterocycles. The van der Waals surface area contributed by atoms with Crippen LogP contribution in [0.3, 0.4) is 0 Å². The van der Waals surface area contributed by atoms with Gasteiger partial charge in [0, 0.05) is 13.1 Å². The van der Waals surface area contributed by atoms with Crippen LogP contribution in [0.4, 0.5) is 0 Å². The number of nitrogens with two attached hydrogens (primary N) is 1. The first kappa shape index (κ1) is 13.7. The molecule has 0 unspecified atom stereocenters. The van der Waals surface area contributed by atoms with E-state index in [0.29, 0.717) is 31.0 Å². The van der Waals surface area contributed by atoms with Crippen molar-refractivity contribution in [3.8, 4) is 0 Å². The number of carbonyl (C=O) groups excluding carboxylic acids is 1. The molecule has 0 atom stereocenters. The van der Waals surface area contributed by atoms with Crippen LogP contribution >= 0.6 is 0 Å². The Kier molecular flexibility index (Phi) is 5.72. The number of nitrogens with zero attached hydrogens (tertiary/aromatic N) is 1. The predicted molar refractivity (Wildman–Crippen MR) is 64.7 cm³/mol. The lowest BCUT2D eigenvalue weighted by Gasteiger charge is -2.18. The van der Waals surface area contributed by atoms with Crippen LogP contribution in [0.2, 0.25) is 0 Å². The van der Waals surface area contributed by atoms with Crippen LogP contribution in [0.5, 0.6) is 0 Å². The first-order chi connectivity index (χ1) is 8.22. The first-order valence-electron chi connectivity index (χ1n) is 5.88. The fraction of sp³-hybridized carbons (Fsp3) is 0.583. The summed E-state index contributed by atoms with van der Waals surface area (Å²) in [4.78, 5) is 13.7. The van der Waals surface area contributed by atoms with E-state index in [1.165, 1.54) is 6.26 Å². The molecule has 17 heavy (non-hydrogen) atoms. The Balaban J connectivity index is 2.70. The molecule has 0 saturated heterocycles. The van der Waals surface area contributed by atoms with Crippen molar-refractivity contribution < 1.29 is 13.9 Å². The fourth-order valence-electron chi connectivity index (χ4n) is 1.59. The van der Waals surface area contributed by atoms with E-state index in [2.05, 4.69) is 4.90 Å². The largest absolute Gasteiger partial charge is 0.467 e. The highest BCUT2D eigenvalue weighted by atomic mass is 16.5. The Bertz CT molecular complexity index is 349. The van der Waals surface area contributed by atoms with Gasteiger partial charge in [-0.2, -0.15) is 0 Å². The van der Waals surface area contributed by atoms with E-state index in [1.807, 2.05) is 6.92 Å². The second-order valence-electron chi connectivity index (χ2n) is 3.64. The minimum absolute atomic E-state index is 0.333. The summed E-state index contributed by atoms with van der Waals surface area (Å²) < 4.78 is 10.3. The molecule has 0 aromatic carbocycles. The molecule has 0 saturated carbocycles. The van der Waals surface area contributed by atoms with Gasteiger partial charge in [0.2, 0.25) is 0 Å². The van der Waals surface area contributed by atoms with Crippen molar-refractivity contribution in [2.45, 2.75) is 20.4 Å². The maximum Gasteiger partial charge on any atom is 0.341 e. The molecule has 5 heteroatoms. The zero-order valence-corrected chi connectivity index (χ0v) is 10.4. The summed E-state index contributed by atoms with van der Waals surface area (Å²) in [6.07, 6.45) is 1.51. The molecule has 2 N–H and O–H groups in total. The van der Waals surface area contributed by atoms with Crippen molar-refractivity contribution >= 4 is 5.97 Å². The zero-order valence-electron chi connectivity index (χ0n) is 10.4. The van der Waals surface area contributed by atoms with Crippen molar-refractivity contribution in [1.82, 2.24) is 4.90 Å². The summed E-state index contributed by atoms with van der Waals surface area (Å²) >= 11 is 0. The van der Waals surface area contributed by atoms with Gasteiger partial charge in [-0.3, -0.25) is 4.90 Å². The maximum atomic E-state index is 11.6. The summed E-state index contributed by atoms with van der Waals surface area (Å²) in [5.41, 5.74) is 6.02. The highest BCUT2D eigenvalue weighted by Gasteiger charge is 2.17. The van der Waals surface area contributed by atoms with E-state index < -0.39 is 0 Å². The van der Waals surface area contributed by atoms with Crippen LogP contribution in [0.15, 0.2) is 16.7 Å². The highest BCUT2D eigenvalue weighted by Crippen LogP contribution is 2.14. The third-order valence-corrected chi connectivity index (χ3v) is 2.50. The second kappa shape index (κ2) is 7.09. The lowest BCUT2D eigenvalue weighted by molar-refractivity contribution is 0.0522. The van der Waals surface area contributed by atoms with Gasteiger partial charge in [-0.25, -0.2) is 4.79 Å². The van der Waals surface area contributed by atoms with Crippen molar-refractivity contribution in [2.75, 3.05) is 26.2 Å². The Morgan fingerprint density at radius 1 is 1.53 bits per heavy atom. The van der Waals surface area contributed by atoms with Gasteiger partial charge in [-0.05, 0) is 19.5 Å². The monoisotopic (exact) mass is 240 g/mol. The molecule has 0 fully saturated rings. The molecule has 5 nitrogen and oxygen atoms in total. The van der Waals surface area contributed by atoms with E-state index in [9.17, 15) is 4.79 Å². The summed E-state index contributed by atoms with van der Waals surface area (Å²) in [5, 5.41) is 0. The molecule has 0 spiro atoms. The predicted octanol–water partition coefficient (Wildman–Crippen LogP) is 1.24. The Morgan fingerprint density at radius 3 is 2.88 bits per heavy atom. The van der Waals surface area contributed by atoms with Gasteiger partial charge in [-0.1, -0.05) is 6.92 Å². The average molecular weight is 240 g/mol. The van der Waals surface area contributed by atoms with Gasteiger partial charge in [0.15, 0.2) is 0 Å². The van der Waals surface area contributed by atoms with E-state index in [4.69, 9.17) is 14.9 Å². The van der Waals surface area contributed by atoms with E-state index >= 15 is 0 Å². The van der Waals surface area contributed by atoms with Gasteiger partial charge in [-0.15, -0.1) is 0 Å². The molecule has 0 aliphatic carbocycles. The van der Waals surface area contributed by atoms with E-state index in [1.54, 1.807) is 13.0 Å². The number of hydrogen-bond donors (Lipinski definition) is 1. The van der Waals surface area contributed by atoms with Gasteiger partial charge in [0.05, 0.1) is 19.4 Å². The Morgan fingerprint density at radius 2 is 2.29 bits per heavy atom. The first-order valence-corrected chi connectivity index (χ1v) is 5.88. The number of rotatable bonds is 7. The van der Waals surface area contributed by atoms with Crippen molar-refractivity contribution in [3.63, 3.8) is 0 Å². The topological polar surface area (TPSA) is 68.7 Å². The molecule has 96 valence electrons. The number of hydrogen-bond acceptors (Lipinski definition) is 5. The Hall–Kier alpha value is -1.33. The van der Waals surface area contributed by atoms with Crippen molar-refractivity contribution in [1.29, 1.82) is 0 Å². The van der Waals surface area contributed by atoms with Gasteiger partial charge in [0.1, 0.15) is 11.3 Å². The molecule has 0 radical (unpaired) electrons. The molecule has 1 aromatic rings. The van der Waals surface area contributed by atoms with Crippen LogP contribution in [0.1, 0.15) is 30.0 Å². The Labute approximate surface area is 102 Å². The number of carbonyl (C=O) groups is 1. The minimum Gasteiger partial charge on any atom is -0.467 e. The van der Waals surface area contributed by atoms with E-state index in [0.717, 1.165) is 13.1 Å². The van der Waals surface area contributed by atoms with Crippen LogP contribution in [0, 0.1) is 0 Å². The fourth-order valence-corrected chi connectivity index (χ4v) is 1.59. The summed E-state index contributed by atoms with van der Waals surface area (Å²) in [6, 6.07) is 1.64. The van der Waals surface area contributed by atoms with Crippen molar-refractivity contribution in [3.05, 3.63) is 23.7 Å². The normalized spacial score (nSPS) is 10.8. The van der Waals surface area contributed by atoms with Gasteiger partial charge in [0.25, 0.3) is 0 Å². The molecule has 0 aliphatic rings. The second-order valence-corrected chi connectivity index (χ2v) is 3.64. The van der Waals surface area contributed by atoms with Crippen LogP contribution in [-0.4, -0.2) is 37.1 Å². The summed E-state index contributed by atoms with van der Waals surface area (Å²) in [7, 11) is 0.